The van der Waals surface area contributed by atoms with Gasteiger partial charge in [-0.15, -0.1) is 0 Å². The highest BCUT2D eigenvalue weighted by atomic mass is 19.1. The SMILES string of the molecule is CC(C)c1cc(C(=O)N[C@H]2CCC[C@H]2Cc2ccc(F)cc2)no1. The molecule has 1 aliphatic carbocycles. The second-order valence-electron chi connectivity index (χ2n) is 6.87. The number of aromatic nitrogens is 1. The predicted molar refractivity (Wildman–Crippen MR) is 89.3 cm³/mol. The second kappa shape index (κ2) is 7.16. The Hall–Kier alpha value is -2.17. The van der Waals surface area contributed by atoms with E-state index in [1.54, 1.807) is 6.07 Å². The summed E-state index contributed by atoms with van der Waals surface area (Å²) in [6.45, 7) is 4.00. The highest BCUT2D eigenvalue weighted by molar-refractivity contribution is 5.92. The molecule has 5 heteroatoms. The molecule has 0 saturated heterocycles. The molecule has 1 heterocycles. The summed E-state index contributed by atoms with van der Waals surface area (Å²) in [6, 6.07) is 8.45. The summed E-state index contributed by atoms with van der Waals surface area (Å²) in [6.07, 6.45) is 3.97. The van der Waals surface area contributed by atoms with Crippen LogP contribution in [-0.2, 0) is 6.42 Å². The van der Waals surface area contributed by atoms with Gasteiger partial charge >= 0.3 is 0 Å². The number of carbonyl (C=O) groups is 1. The average molecular weight is 330 g/mol. The van der Waals surface area contributed by atoms with Crippen molar-refractivity contribution in [2.24, 2.45) is 5.92 Å². The monoisotopic (exact) mass is 330 g/mol. The van der Waals surface area contributed by atoms with Gasteiger partial charge in [0.2, 0.25) is 0 Å². The smallest absolute Gasteiger partial charge is 0.273 e. The van der Waals surface area contributed by atoms with Gasteiger partial charge in [0.25, 0.3) is 5.91 Å². The van der Waals surface area contributed by atoms with Crippen LogP contribution in [0.25, 0.3) is 0 Å². The fraction of sp³-hybridized carbons (Fsp3) is 0.474. The third-order valence-corrected chi connectivity index (χ3v) is 4.72. The van der Waals surface area contributed by atoms with Crippen LogP contribution in [0.4, 0.5) is 4.39 Å². The minimum absolute atomic E-state index is 0.127. The molecule has 0 radical (unpaired) electrons. The molecule has 0 aliphatic heterocycles. The summed E-state index contributed by atoms with van der Waals surface area (Å²) in [4.78, 5) is 12.4. The van der Waals surface area contributed by atoms with Crippen LogP contribution >= 0.6 is 0 Å². The van der Waals surface area contributed by atoms with E-state index in [4.69, 9.17) is 4.52 Å². The Morgan fingerprint density at radius 3 is 2.75 bits per heavy atom. The van der Waals surface area contributed by atoms with Crippen molar-refractivity contribution in [3.63, 3.8) is 0 Å². The molecule has 0 unspecified atom stereocenters. The first kappa shape index (κ1) is 16.7. The second-order valence-corrected chi connectivity index (χ2v) is 6.87. The average Bonchev–Trinajstić information content (AvgIpc) is 3.19. The molecule has 1 fully saturated rings. The Morgan fingerprint density at radius 2 is 2.08 bits per heavy atom. The van der Waals surface area contributed by atoms with Crippen molar-refractivity contribution < 1.29 is 13.7 Å². The normalized spacial score (nSPS) is 20.5. The molecule has 128 valence electrons. The molecule has 1 amide bonds. The maximum absolute atomic E-state index is 13.0. The number of amides is 1. The number of nitrogens with one attached hydrogen (secondary N) is 1. The van der Waals surface area contributed by atoms with E-state index in [0.29, 0.717) is 11.6 Å². The number of carbonyl (C=O) groups excluding carboxylic acids is 1. The molecule has 1 aromatic carbocycles. The van der Waals surface area contributed by atoms with Crippen molar-refractivity contribution in [1.82, 2.24) is 10.5 Å². The van der Waals surface area contributed by atoms with Crippen LogP contribution in [0.15, 0.2) is 34.9 Å². The van der Waals surface area contributed by atoms with E-state index in [9.17, 15) is 9.18 Å². The maximum Gasteiger partial charge on any atom is 0.273 e. The molecule has 4 nitrogen and oxygen atoms in total. The molecule has 1 N–H and O–H groups in total. The summed E-state index contributed by atoms with van der Waals surface area (Å²) < 4.78 is 18.2. The molecule has 24 heavy (non-hydrogen) atoms. The molecule has 1 saturated carbocycles. The third-order valence-electron chi connectivity index (χ3n) is 4.72. The first-order valence-electron chi connectivity index (χ1n) is 8.55. The van der Waals surface area contributed by atoms with Crippen LogP contribution in [0.5, 0.6) is 0 Å². The number of rotatable bonds is 5. The Morgan fingerprint density at radius 1 is 1.33 bits per heavy atom. The minimum Gasteiger partial charge on any atom is -0.360 e. The molecule has 1 aliphatic rings. The zero-order valence-electron chi connectivity index (χ0n) is 14.1. The lowest BCUT2D eigenvalue weighted by molar-refractivity contribution is 0.0918. The maximum atomic E-state index is 13.0. The number of benzene rings is 1. The fourth-order valence-corrected chi connectivity index (χ4v) is 3.31. The standard InChI is InChI=1S/C19H23FN2O2/c1-12(2)18-11-17(22-24-18)19(23)21-16-5-3-4-14(16)10-13-6-8-15(20)9-7-13/h6-9,11-12,14,16H,3-5,10H2,1-2H3,(H,21,23)/t14-,16-/m0/s1. The van der Waals surface area contributed by atoms with Crippen molar-refractivity contribution in [3.8, 4) is 0 Å². The Balaban J connectivity index is 1.62. The summed E-state index contributed by atoms with van der Waals surface area (Å²) in [5, 5.41) is 6.96. The number of hydrogen-bond acceptors (Lipinski definition) is 3. The van der Waals surface area contributed by atoms with Crippen molar-refractivity contribution in [1.29, 1.82) is 0 Å². The summed E-state index contributed by atoms with van der Waals surface area (Å²) in [5.74, 6) is 0.894. The van der Waals surface area contributed by atoms with Crippen LogP contribution in [0.1, 0.15) is 60.8 Å². The molecule has 2 atom stereocenters. The van der Waals surface area contributed by atoms with E-state index in [-0.39, 0.29) is 23.7 Å². The van der Waals surface area contributed by atoms with Gasteiger partial charge in [-0.1, -0.05) is 37.6 Å². The molecule has 3 rings (SSSR count). The van der Waals surface area contributed by atoms with Gasteiger partial charge in [-0.3, -0.25) is 4.79 Å². The molecule has 2 aromatic rings. The zero-order chi connectivity index (χ0) is 17.1. The van der Waals surface area contributed by atoms with E-state index in [1.165, 1.54) is 12.1 Å². The van der Waals surface area contributed by atoms with Gasteiger partial charge < -0.3 is 9.84 Å². The highest BCUT2D eigenvalue weighted by Gasteiger charge is 2.29. The fourth-order valence-electron chi connectivity index (χ4n) is 3.31. The quantitative estimate of drug-likeness (QED) is 0.899. The van der Waals surface area contributed by atoms with E-state index in [1.807, 2.05) is 26.0 Å². The van der Waals surface area contributed by atoms with Crippen LogP contribution in [0.3, 0.4) is 0 Å². The van der Waals surface area contributed by atoms with Gasteiger partial charge in [-0.2, -0.15) is 0 Å². The Bertz CT molecular complexity index is 694. The molecular weight excluding hydrogens is 307 g/mol. The largest absolute Gasteiger partial charge is 0.360 e. The lowest BCUT2D eigenvalue weighted by atomic mass is 9.94. The van der Waals surface area contributed by atoms with Gasteiger partial charge in [0.05, 0.1) is 0 Å². The summed E-state index contributed by atoms with van der Waals surface area (Å²) in [5.41, 5.74) is 1.44. The lowest BCUT2D eigenvalue weighted by Crippen LogP contribution is -2.38. The Labute approximate surface area is 141 Å². The minimum atomic E-state index is -0.220. The van der Waals surface area contributed by atoms with Gasteiger partial charge in [-0.05, 0) is 42.9 Å². The van der Waals surface area contributed by atoms with Gasteiger partial charge in [0.1, 0.15) is 11.6 Å². The molecule has 0 bridgehead atoms. The number of nitrogens with zero attached hydrogens (tertiary/aromatic N) is 1. The van der Waals surface area contributed by atoms with Gasteiger partial charge in [0.15, 0.2) is 5.69 Å². The van der Waals surface area contributed by atoms with E-state index >= 15 is 0 Å². The first-order chi connectivity index (χ1) is 11.5. The van der Waals surface area contributed by atoms with Gasteiger partial charge in [0, 0.05) is 18.0 Å². The molecule has 0 spiro atoms. The molecule has 1 aromatic heterocycles. The van der Waals surface area contributed by atoms with Crippen LogP contribution < -0.4 is 5.32 Å². The third kappa shape index (κ3) is 3.83. The van der Waals surface area contributed by atoms with E-state index in [0.717, 1.165) is 37.0 Å². The van der Waals surface area contributed by atoms with Crippen LogP contribution in [-0.4, -0.2) is 17.1 Å². The highest BCUT2D eigenvalue weighted by Crippen LogP contribution is 2.29. The Kier molecular flexibility index (Phi) is 4.97. The van der Waals surface area contributed by atoms with Gasteiger partial charge in [-0.25, -0.2) is 4.39 Å². The van der Waals surface area contributed by atoms with Crippen molar-refractivity contribution >= 4 is 5.91 Å². The first-order valence-corrected chi connectivity index (χ1v) is 8.55. The van der Waals surface area contributed by atoms with Crippen molar-refractivity contribution in [2.75, 3.05) is 0 Å². The van der Waals surface area contributed by atoms with Crippen molar-refractivity contribution in [2.45, 2.75) is 51.5 Å². The van der Waals surface area contributed by atoms with Crippen LogP contribution in [0, 0.1) is 11.7 Å². The number of hydrogen-bond donors (Lipinski definition) is 1. The topological polar surface area (TPSA) is 55.1 Å². The zero-order valence-corrected chi connectivity index (χ0v) is 14.1. The summed E-state index contributed by atoms with van der Waals surface area (Å²) >= 11 is 0. The lowest BCUT2D eigenvalue weighted by Gasteiger charge is -2.20. The molecular formula is C19H23FN2O2. The van der Waals surface area contributed by atoms with E-state index in [2.05, 4.69) is 10.5 Å². The van der Waals surface area contributed by atoms with E-state index < -0.39 is 0 Å². The summed E-state index contributed by atoms with van der Waals surface area (Å²) in [7, 11) is 0. The predicted octanol–water partition coefficient (Wildman–Crippen LogP) is 4.08. The van der Waals surface area contributed by atoms with Crippen molar-refractivity contribution in [3.05, 3.63) is 53.2 Å². The van der Waals surface area contributed by atoms with Crippen LogP contribution in [0.2, 0.25) is 0 Å². The number of halogens is 1.